The number of rotatable bonds is 7. The Labute approximate surface area is 183 Å². The molecule has 32 heavy (non-hydrogen) atoms. The third kappa shape index (κ3) is 5.24. The Morgan fingerprint density at radius 2 is 1.97 bits per heavy atom. The van der Waals surface area contributed by atoms with Gasteiger partial charge in [-0.05, 0) is 39.0 Å². The van der Waals surface area contributed by atoms with Gasteiger partial charge >= 0.3 is 6.18 Å². The number of aromatic nitrogens is 3. The summed E-state index contributed by atoms with van der Waals surface area (Å²) in [7, 11) is 0. The predicted molar refractivity (Wildman–Crippen MR) is 110 cm³/mol. The molecule has 0 fully saturated rings. The van der Waals surface area contributed by atoms with E-state index in [9.17, 15) is 18.0 Å². The largest absolute Gasteiger partial charge is 0.475 e. The molecule has 0 spiro atoms. The van der Waals surface area contributed by atoms with Crippen LogP contribution in [0.3, 0.4) is 0 Å². The molecule has 2 aromatic heterocycles. The Kier molecular flexibility index (Phi) is 6.81. The lowest BCUT2D eigenvalue weighted by Crippen LogP contribution is -2.42. The Bertz CT molecular complexity index is 1080. The van der Waals surface area contributed by atoms with Crippen molar-refractivity contribution in [2.24, 2.45) is 0 Å². The van der Waals surface area contributed by atoms with Gasteiger partial charge in [-0.3, -0.25) is 4.79 Å². The number of carbonyl (C=O) groups is 1. The zero-order chi connectivity index (χ0) is 23.5. The monoisotopic (exact) mass is 448 g/mol. The summed E-state index contributed by atoms with van der Waals surface area (Å²) in [5.41, 5.74) is 1.01. The number of nitrogens with zero attached hydrogens (tertiary/aromatic N) is 4. The molecule has 1 amide bonds. The maximum atomic E-state index is 13.4. The average Bonchev–Trinajstić information content (AvgIpc) is 3.18. The van der Waals surface area contributed by atoms with Crippen molar-refractivity contribution in [2.45, 2.75) is 39.9 Å². The number of likely N-dealkylation sites (N-methyl/N-ethyl adjacent to an activating group) is 1. The lowest BCUT2D eigenvalue weighted by Gasteiger charge is -2.28. The quantitative estimate of drug-likeness (QED) is 0.521. The van der Waals surface area contributed by atoms with E-state index in [0.29, 0.717) is 35.6 Å². The molecule has 0 saturated heterocycles. The third-order valence-electron chi connectivity index (χ3n) is 4.84. The molecule has 0 saturated carbocycles. The van der Waals surface area contributed by atoms with Crippen molar-refractivity contribution in [3.8, 4) is 17.3 Å². The fourth-order valence-electron chi connectivity index (χ4n) is 3.18. The first kappa shape index (κ1) is 23.2. The van der Waals surface area contributed by atoms with Gasteiger partial charge in [0.25, 0.3) is 5.91 Å². The number of carbonyl (C=O) groups excluding carboxylic acids is 1. The SMILES string of the molecule is CCN(C(=O)c1cc(C)ccc1-c1noc(C)n1)[C@@H](C)COc1ccc(C(F)(F)F)cn1. The number of aryl methyl sites for hydroxylation is 2. The number of ether oxygens (including phenoxy) is 1. The maximum absolute atomic E-state index is 13.4. The fourth-order valence-corrected chi connectivity index (χ4v) is 3.18. The highest BCUT2D eigenvalue weighted by Gasteiger charge is 2.31. The smallest absolute Gasteiger partial charge is 0.417 e. The highest BCUT2D eigenvalue weighted by atomic mass is 19.4. The summed E-state index contributed by atoms with van der Waals surface area (Å²) >= 11 is 0. The predicted octanol–water partition coefficient (Wildman–Crippen LogP) is 4.70. The van der Waals surface area contributed by atoms with Crippen LogP contribution in [0.4, 0.5) is 13.2 Å². The second-order valence-corrected chi connectivity index (χ2v) is 7.32. The number of alkyl halides is 3. The molecule has 0 bridgehead atoms. The van der Waals surface area contributed by atoms with Crippen molar-refractivity contribution in [3.63, 3.8) is 0 Å². The van der Waals surface area contributed by atoms with Gasteiger partial charge in [-0.25, -0.2) is 4.98 Å². The van der Waals surface area contributed by atoms with Gasteiger partial charge in [-0.2, -0.15) is 18.2 Å². The summed E-state index contributed by atoms with van der Waals surface area (Å²) in [6.07, 6.45) is -3.75. The minimum atomic E-state index is -4.47. The molecule has 0 aliphatic heterocycles. The fraction of sp³-hybridized carbons (Fsp3) is 0.364. The standard InChI is InChI=1S/C22H23F3N4O3/c1-5-29(14(3)12-31-19-9-7-16(11-26-19)22(23,24)25)21(30)18-10-13(2)6-8-17(18)20-27-15(4)32-28-20/h6-11,14H,5,12H2,1-4H3/t14-/m0/s1. The highest BCUT2D eigenvalue weighted by Crippen LogP contribution is 2.29. The zero-order valence-electron chi connectivity index (χ0n) is 18.1. The van der Waals surface area contributed by atoms with Crippen LogP contribution in [0.2, 0.25) is 0 Å². The molecular formula is C22H23F3N4O3. The van der Waals surface area contributed by atoms with Crippen LogP contribution in [-0.2, 0) is 6.18 Å². The Balaban J connectivity index is 1.76. The van der Waals surface area contributed by atoms with E-state index in [0.717, 1.165) is 17.7 Å². The number of hydrogen-bond acceptors (Lipinski definition) is 6. The van der Waals surface area contributed by atoms with E-state index in [1.165, 1.54) is 0 Å². The summed E-state index contributed by atoms with van der Waals surface area (Å²) in [4.78, 5) is 22.9. The summed E-state index contributed by atoms with van der Waals surface area (Å²) in [6, 6.07) is 7.08. The second kappa shape index (κ2) is 9.37. The van der Waals surface area contributed by atoms with Crippen molar-refractivity contribution < 1.29 is 27.2 Å². The van der Waals surface area contributed by atoms with Crippen LogP contribution in [0.5, 0.6) is 5.88 Å². The summed E-state index contributed by atoms with van der Waals surface area (Å²) in [5, 5.41) is 3.92. The normalized spacial score (nSPS) is 12.5. The number of hydrogen-bond donors (Lipinski definition) is 0. The number of halogens is 3. The second-order valence-electron chi connectivity index (χ2n) is 7.32. The van der Waals surface area contributed by atoms with Gasteiger partial charge in [-0.1, -0.05) is 16.8 Å². The summed E-state index contributed by atoms with van der Waals surface area (Å²) in [5.74, 6) is 0.508. The van der Waals surface area contributed by atoms with Crippen LogP contribution >= 0.6 is 0 Å². The van der Waals surface area contributed by atoms with Crippen LogP contribution in [0.25, 0.3) is 11.4 Å². The Morgan fingerprint density at radius 1 is 1.22 bits per heavy atom. The summed E-state index contributed by atoms with van der Waals surface area (Å²) < 4.78 is 48.6. The topological polar surface area (TPSA) is 81.4 Å². The minimum Gasteiger partial charge on any atom is -0.475 e. The molecule has 0 radical (unpaired) electrons. The molecular weight excluding hydrogens is 425 g/mol. The molecule has 3 rings (SSSR count). The maximum Gasteiger partial charge on any atom is 0.417 e. The first-order valence-electron chi connectivity index (χ1n) is 9.98. The molecule has 10 heteroatoms. The molecule has 0 unspecified atom stereocenters. The van der Waals surface area contributed by atoms with E-state index in [-0.39, 0.29) is 24.4 Å². The highest BCUT2D eigenvalue weighted by molar-refractivity contribution is 6.00. The molecule has 1 atom stereocenters. The van der Waals surface area contributed by atoms with E-state index >= 15 is 0 Å². The van der Waals surface area contributed by atoms with Crippen LogP contribution in [0.1, 0.15) is 41.2 Å². The number of benzene rings is 1. The molecule has 3 aromatic rings. The molecule has 0 aliphatic rings. The molecule has 1 aromatic carbocycles. The van der Waals surface area contributed by atoms with Gasteiger partial charge in [0.1, 0.15) is 6.61 Å². The first-order valence-corrected chi connectivity index (χ1v) is 9.98. The molecule has 7 nitrogen and oxygen atoms in total. The van der Waals surface area contributed by atoms with Gasteiger partial charge in [-0.15, -0.1) is 0 Å². The van der Waals surface area contributed by atoms with Crippen molar-refractivity contribution in [3.05, 3.63) is 59.1 Å². The Hall–Kier alpha value is -3.43. The molecule has 2 heterocycles. The minimum absolute atomic E-state index is 0.0480. The van der Waals surface area contributed by atoms with Gasteiger partial charge in [0.05, 0.1) is 17.2 Å². The van der Waals surface area contributed by atoms with Gasteiger partial charge in [0.2, 0.25) is 17.6 Å². The van der Waals surface area contributed by atoms with Gasteiger partial charge in [0.15, 0.2) is 0 Å². The van der Waals surface area contributed by atoms with E-state index in [2.05, 4.69) is 15.1 Å². The van der Waals surface area contributed by atoms with Gasteiger partial charge in [0, 0.05) is 31.3 Å². The van der Waals surface area contributed by atoms with Crippen molar-refractivity contribution in [2.75, 3.05) is 13.2 Å². The molecule has 0 aliphatic carbocycles. The zero-order valence-corrected chi connectivity index (χ0v) is 18.1. The van der Waals surface area contributed by atoms with E-state index < -0.39 is 11.7 Å². The van der Waals surface area contributed by atoms with Crippen LogP contribution in [0, 0.1) is 13.8 Å². The molecule has 170 valence electrons. The van der Waals surface area contributed by atoms with Crippen molar-refractivity contribution in [1.29, 1.82) is 0 Å². The third-order valence-corrected chi connectivity index (χ3v) is 4.84. The van der Waals surface area contributed by atoms with E-state index in [1.807, 2.05) is 19.9 Å². The van der Waals surface area contributed by atoms with E-state index in [4.69, 9.17) is 9.26 Å². The lowest BCUT2D eigenvalue weighted by molar-refractivity contribution is -0.137. The number of amides is 1. The summed E-state index contributed by atoms with van der Waals surface area (Å²) in [6.45, 7) is 7.61. The van der Waals surface area contributed by atoms with Crippen molar-refractivity contribution >= 4 is 5.91 Å². The van der Waals surface area contributed by atoms with Crippen LogP contribution in [0.15, 0.2) is 41.1 Å². The van der Waals surface area contributed by atoms with Crippen LogP contribution in [-0.4, -0.2) is 45.1 Å². The Morgan fingerprint density at radius 3 is 2.53 bits per heavy atom. The number of pyridine rings is 1. The van der Waals surface area contributed by atoms with E-state index in [1.54, 1.807) is 30.9 Å². The first-order chi connectivity index (χ1) is 15.1. The van der Waals surface area contributed by atoms with Crippen molar-refractivity contribution in [1.82, 2.24) is 20.0 Å². The average molecular weight is 448 g/mol. The van der Waals surface area contributed by atoms with Gasteiger partial charge < -0.3 is 14.2 Å². The molecule has 0 N–H and O–H groups in total. The van der Waals surface area contributed by atoms with Crippen LogP contribution < -0.4 is 4.74 Å². The lowest BCUT2D eigenvalue weighted by atomic mass is 10.0.